The van der Waals surface area contributed by atoms with E-state index in [-0.39, 0.29) is 23.1 Å². The second kappa shape index (κ2) is 8.08. The fraction of sp³-hybridized carbons (Fsp3) is 1.00. The van der Waals surface area contributed by atoms with Crippen LogP contribution in [0.5, 0.6) is 0 Å². The molecular weight excluding hydrogens is 139 g/mol. The third kappa shape index (κ3) is 10.1. The fourth-order valence-corrected chi connectivity index (χ4v) is 0.497. The Kier molecular flexibility index (Phi) is 11.9. The van der Waals surface area contributed by atoms with Gasteiger partial charge in [0.2, 0.25) is 0 Å². The standard InChI is InChI=1S/C3H7O3P.Mg/c1-2-3-6-7(4)5;/h2-3H2,1H3;/q-2;+2. The predicted octanol–water partition coefficient (Wildman–Crippen LogP) is -1.02. The minimum atomic E-state index is -2.61. The van der Waals surface area contributed by atoms with E-state index in [1.807, 2.05) is 6.92 Å². The molecule has 0 spiro atoms. The number of hydrogen-bond acceptors (Lipinski definition) is 3. The maximum atomic E-state index is 9.57. The van der Waals surface area contributed by atoms with Gasteiger partial charge in [-0.15, -0.1) is 0 Å². The van der Waals surface area contributed by atoms with Crippen LogP contribution in [0.4, 0.5) is 0 Å². The molecule has 0 aliphatic carbocycles. The van der Waals surface area contributed by atoms with Crippen molar-refractivity contribution in [2.24, 2.45) is 0 Å². The third-order valence-electron chi connectivity index (χ3n) is 0.401. The van der Waals surface area contributed by atoms with Crippen molar-refractivity contribution in [2.75, 3.05) is 6.61 Å². The number of hydrogen-bond donors (Lipinski definition) is 0. The van der Waals surface area contributed by atoms with E-state index in [4.69, 9.17) is 0 Å². The maximum absolute atomic E-state index is 9.57. The Hall–Kier alpha value is 1.08. The first-order chi connectivity index (χ1) is 3.27. The minimum absolute atomic E-state index is 0. The second-order valence-corrected chi connectivity index (χ2v) is 1.76. The second-order valence-electron chi connectivity index (χ2n) is 1.06. The molecule has 0 atom stereocenters. The van der Waals surface area contributed by atoms with Crippen LogP contribution in [0.3, 0.4) is 0 Å². The van der Waals surface area contributed by atoms with E-state index in [0.29, 0.717) is 6.61 Å². The van der Waals surface area contributed by atoms with Crippen LogP contribution in [0.1, 0.15) is 13.3 Å². The smallest absolute Gasteiger partial charge is 0.820 e. The summed E-state index contributed by atoms with van der Waals surface area (Å²) in [5.74, 6) is 0. The van der Waals surface area contributed by atoms with Crippen LogP contribution in [-0.4, -0.2) is 29.7 Å². The van der Waals surface area contributed by atoms with Crippen molar-refractivity contribution in [3.63, 3.8) is 0 Å². The van der Waals surface area contributed by atoms with Crippen molar-refractivity contribution in [2.45, 2.75) is 13.3 Å². The van der Waals surface area contributed by atoms with Crippen LogP contribution in [0, 0.1) is 0 Å². The quantitative estimate of drug-likeness (QED) is 0.378. The zero-order valence-corrected chi connectivity index (χ0v) is 7.10. The monoisotopic (exact) mass is 146 g/mol. The van der Waals surface area contributed by atoms with Crippen molar-refractivity contribution >= 4 is 31.7 Å². The Bertz CT molecular complexity index is 43.5. The van der Waals surface area contributed by atoms with Crippen molar-refractivity contribution in [1.29, 1.82) is 0 Å². The fourth-order valence-electron chi connectivity index (χ4n) is 0.166. The van der Waals surface area contributed by atoms with Gasteiger partial charge in [0.05, 0.1) is 0 Å². The molecule has 0 amide bonds. The molecule has 0 aromatic heterocycles. The van der Waals surface area contributed by atoms with Crippen molar-refractivity contribution in [3.8, 4) is 0 Å². The first kappa shape index (κ1) is 11.8. The molecule has 0 saturated carbocycles. The van der Waals surface area contributed by atoms with Crippen LogP contribution in [0.2, 0.25) is 0 Å². The molecule has 0 saturated heterocycles. The van der Waals surface area contributed by atoms with Gasteiger partial charge in [0.1, 0.15) is 0 Å². The van der Waals surface area contributed by atoms with Crippen LogP contribution in [-0.2, 0) is 4.52 Å². The van der Waals surface area contributed by atoms with Gasteiger partial charge in [-0.1, -0.05) is 6.92 Å². The summed E-state index contributed by atoms with van der Waals surface area (Å²) in [5, 5.41) is 0. The van der Waals surface area contributed by atoms with Gasteiger partial charge in [0, 0.05) is 6.61 Å². The average Bonchev–Trinajstić information content (AvgIpc) is 1.61. The SMILES string of the molecule is CCCOP([O-])[O-].[Mg+2]. The van der Waals surface area contributed by atoms with E-state index in [1.54, 1.807) is 0 Å². The van der Waals surface area contributed by atoms with Crippen LogP contribution in [0.15, 0.2) is 0 Å². The van der Waals surface area contributed by atoms with Crippen LogP contribution < -0.4 is 9.79 Å². The molecule has 0 N–H and O–H groups in total. The van der Waals surface area contributed by atoms with Crippen molar-refractivity contribution in [1.82, 2.24) is 0 Å². The molecule has 0 radical (unpaired) electrons. The zero-order valence-electron chi connectivity index (χ0n) is 4.79. The van der Waals surface area contributed by atoms with E-state index < -0.39 is 8.60 Å². The Labute approximate surface area is 66.2 Å². The molecule has 0 aromatic rings. The molecule has 0 aromatic carbocycles. The third-order valence-corrected chi connectivity index (χ3v) is 0.794. The van der Waals surface area contributed by atoms with E-state index in [9.17, 15) is 9.79 Å². The summed E-state index contributed by atoms with van der Waals surface area (Å²) in [6.07, 6.45) is 0.739. The molecule has 8 heavy (non-hydrogen) atoms. The van der Waals surface area contributed by atoms with Crippen molar-refractivity contribution < 1.29 is 14.3 Å². The summed E-state index contributed by atoms with van der Waals surface area (Å²) in [6, 6.07) is 0. The molecule has 0 aliphatic rings. The first-order valence-electron chi connectivity index (χ1n) is 2.04. The van der Waals surface area contributed by atoms with E-state index >= 15 is 0 Å². The minimum Gasteiger partial charge on any atom is -0.820 e. The van der Waals surface area contributed by atoms with E-state index in [2.05, 4.69) is 4.52 Å². The van der Waals surface area contributed by atoms with Gasteiger partial charge in [-0.05, 0) is 6.42 Å². The van der Waals surface area contributed by atoms with Gasteiger partial charge in [-0.2, -0.15) is 8.60 Å². The zero-order chi connectivity index (χ0) is 5.70. The summed E-state index contributed by atoms with van der Waals surface area (Å²) < 4.78 is 4.14. The van der Waals surface area contributed by atoms with Gasteiger partial charge in [0.25, 0.3) is 0 Å². The van der Waals surface area contributed by atoms with Gasteiger partial charge < -0.3 is 14.3 Å². The molecule has 0 rings (SSSR count). The summed E-state index contributed by atoms with van der Waals surface area (Å²) in [4.78, 5) is 19.1. The number of rotatable bonds is 3. The summed E-state index contributed by atoms with van der Waals surface area (Å²) in [5.41, 5.74) is 0. The average molecular weight is 146 g/mol. The van der Waals surface area contributed by atoms with Crippen LogP contribution >= 0.6 is 8.60 Å². The van der Waals surface area contributed by atoms with E-state index in [0.717, 1.165) is 6.42 Å². The van der Waals surface area contributed by atoms with Crippen molar-refractivity contribution in [3.05, 3.63) is 0 Å². The van der Waals surface area contributed by atoms with E-state index in [1.165, 1.54) is 0 Å². The molecule has 44 valence electrons. The molecule has 0 aliphatic heterocycles. The van der Waals surface area contributed by atoms with Gasteiger partial charge >= 0.3 is 23.1 Å². The predicted molar refractivity (Wildman–Crippen MR) is 28.9 cm³/mol. The summed E-state index contributed by atoms with van der Waals surface area (Å²) in [7, 11) is -2.61. The van der Waals surface area contributed by atoms with Crippen LogP contribution in [0.25, 0.3) is 0 Å². The molecule has 3 nitrogen and oxygen atoms in total. The summed E-state index contributed by atoms with van der Waals surface area (Å²) in [6.45, 7) is 2.15. The van der Waals surface area contributed by atoms with Gasteiger partial charge in [0.15, 0.2) is 0 Å². The normalized spacial score (nSPS) is 9.00. The molecular formula is C3H7MgO3P. The molecule has 0 unspecified atom stereocenters. The summed E-state index contributed by atoms with van der Waals surface area (Å²) >= 11 is 0. The molecule has 0 heterocycles. The maximum Gasteiger partial charge on any atom is 2.00 e. The molecule has 0 bridgehead atoms. The largest absolute Gasteiger partial charge is 2.00 e. The Morgan fingerprint density at radius 1 is 1.50 bits per heavy atom. The molecule has 5 heteroatoms. The molecule has 0 fully saturated rings. The Balaban J connectivity index is 0. The first-order valence-corrected chi connectivity index (χ1v) is 3.14. The van der Waals surface area contributed by atoms with Gasteiger partial charge in [-0.3, -0.25) is 0 Å². The Morgan fingerprint density at radius 3 is 2.12 bits per heavy atom. The van der Waals surface area contributed by atoms with Gasteiger partial charge in [-0.25, -0.2) is 0 Å². The topological polar surface area (TPSA) is 55.3 Å². The Morgan fingerprint density at radius 2 is 2.00 bits per heavy atom.